The fraction of sp³-hybridized carbons (Fsp3) is 0.318. The molecule has 140 valence electrons. The Hall–Kier alpha value is -2.37. The molecule has 1 saturated heterocycles. The number of piperazine rings is 1. The van der Waals surface area contributed by atoms with Crippen molar-refractivity contribution >= 4 is 27.5 Å². The molecule has 4 nitrogen and oxygen atoms in total. The van der Waals surface area contributed by atoms with Crippen LogP contribution in [0.15, 0.2) is 60.0 Å². The van der Waals surface area contributed by atoms with Gasteiger partial charge in [0.15, 0.2) is 0 Å². The van der Waals surface area contributed by atoms with Gasteiger partial charge in [0.1, 0.15) is 5.69 Å². The first-order chi connectivity index (χ1) is 13.1. The molecule has 3 aromatic rings. The maximum Gasteiger partial charge on any atom is 0.270 e. The molecular formula is C22H25N3OS. The van der Waals surface area contributed by atoms with E-state index in [2.05, 4.69) is 51.8 Å². The first-order valence-corrected chi connectivity index (χ1v) is 10.3. The minimum absolute atomic E-state index is 0.138. The zero-order chi connectivity index (χ0) is 18.8. The highest BCUT2D eigenvalue weighted by atomic mass is 32.1. The number of fused-ring (bicyclic) bond motifs is 1. The smallest absolute Gasteiger partial charge is 0.270 e. The van der Waals surface area contributed by atoms with Gasteiger partial charge in [-0.2, -0.15) is 0 Å². The molecule has 0 spiro atoms. The molecule has 0 N–H and O–H groups in total. The topological polar surface area (TPSA) is 28.5 Å². The molecule has 1 aliphatic rings. The van der Waals surface area contributed by atoms with Crippen molar-refractivity contribution in [3.8, 4) is 0 Å². The SMILES string of the molecule is C=C(C)Cn1c(C(=O)N2CCN(Cc3ccccc3)CC2)cc2sccc21. The van der Waals surface area contributed by atoms with Crippen molar-refractivity contribution in [1.82, 2.24) is 14.4 Å². The van der Waals surface area contributed by atoms with E-state index in [4.69, 9.17) is 0 Å². The third kappa shape index (κ3) is 3.84. The zero-order valence-electron chi connectivity index (χ0n) is 15.7. The quantitative estimate of drug-likeness (QED) is 0.621. The predicted octanol–water partition coefficient (Wildman–Crippen LogP) is 4.24. The first-order valence-electron chi connectivity index (χ1n) is 9.38. The molecule has 1 amide bonds. The second kappa shape index (κ2) is 7.71. The van der Waals surface area contributed by atoms with Gasteiger partial charge in [-0.05, 0) is 30.0 Å². The average Bonchev–Trinajstić information content (AvgIpc) is 3.25. The lowest BCUT2D eigenvalue weighted by Gasteiger charge is -2.35. The third-order valence-corrected chi connectivity index (χ3v) is 5.93. The summed E-state index contributed by atoms with van der Waals surface area (Å²) in [6.45, 7) is 11.1. The molecule has 27 heavy (non-hydrogen) atoms. The Morgan fingerprint density at radius 3 is 2.56 bits per heavy atom. The molecular weight excluding hydrogens is 354 g/mol. The van der Waals surface area contributed by atoms with Gasteiger partial charge in [-0.15, -0.1) is 11.3 Å². The molecule has 2 aromatic heterocycles. The molecule has 1 aromatic carbocycles. The number of carbonyl (C=O) groups is 1. The van der Waals surface area contributed by atoms with Crippen LogP contribution in [0.1, 0.15) is 23.0 Å². The molecule has 1 aliphatic heterocycles. The van der Waals surface area contributed by atoms with Crippen molar-refractivity contribution in [1.29, 1.82) is 0 Å². The van der Waals surface area contributed by atoms with Gasteiger partial charge in [-0.1, -0.05) is 42.5 Å². The largest absolute Gasteiger partial charge is 0.335 e. The number of thiophene rings is 1. The van der Waals surface area contributed by atoms with E-state index in [-0.39, 0.29) is 5.91 Å². The second-order valence-corrected chi connectivity index (χ2v) is 8.24. The predicted molar refractivity (Wildman–Crippen MR) is 112 cm³/mol. The minimum atomic E-state index is 0.138. The van der Waals surface area contributed by atoms with Crippen molar-refractivity contribution in [3.63, 3.8) is 0 Å². The molecule has 0 atom stereocenters. The van der Waals surface area contributed by atoms with Gasteiger partial charge in [-0.25, -0.2) is 0 Å². The summed E-state index contributed by atoms with van der Waals surface area (Å²) < 4.78 is 3.29. The summed E-state index contributed by atoms with van der Waals surface area (Å²) in [5, 5.41) is 2.08. The van der Waals surface area contributed by atoms with Crippen molar-refractivity contribution in [3.05, 3.63) is 71.3 Å². The summed E-state index contributed by atoms with van der Waals surface area (Å²) in [6, 6.07) is 14.7. The molecule has 3 heterocycles. The van der Waals surface area contributed by atoms with Crippen LogP contribution >= 0.6 is 11.3 Å². The molecule has 1 fully saturated rings. The molecule has 5 heteroatoms. The molecule has 4 rings (SSSR count). The fourth-order valence-electron chi connectivity index (χ4n) is 3.71. The highest BCUT2D eigenvalue weighted by Gasteiger charge is 2.25. The lowest BCUT2D eigenvalue weighted by atomic mass is 10.2. The van der Waals surface area contributed by atoms with Crippen molar-refractivity contribution in [2.75, 3.05) is 26.2 Å². The average molecular weight is 380 g/mol. The maximum atomic E-state index is 13.2. The van der Waals surface area contributed by atoms with E-state index in [9.17, 15) is 4.79 Å². The van der Waals surface area contributed by atoms with E-state index in [1.165, 1.54) is 10.3 Å². The number of benzene rings is 1. The lowest BCUT2D eigenvalue weighted by Crippen LogP contribution is -2.48. The van der Waals surface area contributed by atoms with Crippen LogP contribution < -0.4 is 0 Å². The van der Waals surface area contributed by atoms with Gasteiger partial charge in [0.05, 0.1) is 10.2 Å². The number of amides is 1. The number of nitrogens with zero attached hydrogens (tertiary/aromatic N) is 3. The van der Waals surface area contributed by atoms with Crippen molar-refractivity contribution in [2.24, 2.45) is 0 Å². The third-order valence-electron chi connectivity index (χ3n) is 5.08. The van der Waals surface area contributed by atoms with E-state index in [1.54, 1.807) is 11.3 Å². The lowest BCUT2D eigenvalue weighted by molar-refractivity contribution is 0.0619. The Balaban J connectivity index is 1.46. The Morgan fingerprint density at radius 2 is 1.85 bits per heavy atom. The van der Waals surface area contributed by atoms with Crippen LogP contribution in [-0.2, 0) is 13.1 Å². The van der Waals surface area contributed by atoms with Crippen LogP contribution in [0, 0.1) is 0 Å². The highest BCUT2D eigenvalue weighted by molar-refractivity contribution is 7.17. The molecule has 0 radical (unpaired) electrons. The van der Waals surface area contributed by atoms with E-state index in [0.29, 0.717) is 6.54 Å². The number of carbonyl (C=O) groups excluding carboxylic acids is 1. The van der Waals surface area contributed by atoms with Gasteiger partial charge in [0.25, 0.3) is 5.91 Å². The van der Waals surface area contributed by atoms with Gasteiger partial charge >= 0.3 is 0 Å². The Morgan fingerprint density at radius 1 is 1.11 bits per heavy atom. The van der Waals surface area contributed by atoms with Crippen LogP contribution in [-0.4, -0.2) is 46.5 Å². The van der Waals surface area contributed by atoms with Crippen LogP contribution in [0.3, 0.4) is 0 Å². The summed E-state index contributed by atoms with van der Waals surface area (Å²) in [5.74, 6) is 0.138. The van der Waals surface area contributed by atoms with Gasteiger partial charge in [0.2, 0.25) is 0 Å². The molecule has 0 bridgehead atoms. The van der Waals surface area contributed by atoms with E-state index in [0.717, 1.165) is 49.5 Å². The highest BCUT2D eigenvalue weighted by Crippen LogP contribution is 2.27. The summed E-state index contributed by atoms with van der Waals surface area (Å²) in [6.07, 6.45) is 0. The Labute approximate surface area is 164 Å². The van der Waals surface area contributed by atoms with Crippen molar-refractivity contribution < 1.29 is 4.79 Å². The summed E-state index contributed by atoms with van der Waals surface area (Å²) in [7, 11) is 0. The number of hydrogen-bond acceptors (Lipinski definition) is 3. The zero-order valence-corrected chi connectivity index (χ0v) is 16.5. The minimum Gasteiger partial charge on any atom is -0.335 e. The van der Waals surface area contributed by atoms with Crippen LogP contribution in [0.5, 0.6) is 0 Å². The summed E-state index contributed by atoms with van der Waals surface area (Å²) >= 11 is 1.69. The Bertz CT molecular complexity index is 949. The van der Waals surface area contributed by atoms with E-state index < -0.39 is 0 Å². The number of allylic oxidation sites excluding steroid dienone is 1. The maximum absolute atomic E-state index is 13.2. The molecule has 0 saturated carbocycles. The number of hydrogen-bond donors (Lipinski definition) is 0. The van der Waals surface area contributed by atoms with Crippen LogP contribution in [0.4, 0.5) is 0 Å². The van der Waals surface area contributed by atoms with Crippen LogP contribution in [0.2, 0.25) is 0 Å². The fourth-order valence-corrected chi connectivity index (χ4v) is 4.53. The van der Waals surface area contributed by atoms with Crippen molar-refractivity contribution in [2.45, 2.75) is 20.0 Å². The van der Waals surface area contributed by atoms with E-state index >= 15 is 0 Å². The van der Waals surface area contributed by atoms with E-state index in [1.807, 2.05) is 24.0 Å². The summed E-state index contributed by atoms with van der Waals surface area (Å²) in [5.41, 5.74) is 4.30. The summed E-state index contributed by atoms with van der Waals surface area (Å²) in [4.78, 5) is 17.6. The molecule has 0 unspecified atom stereocenters. The Kier molecular flexibility index (Phi) is 5.14. The standard InChI is InChI=1S/C22H25N3OS/c1-17(2)15-25-19-8-13-27-21(19)14-20(25)22(26)24-11-9-23(10-12-24)16-18-6-4-3-5-7-18/h3-8,13-14H,1,9-12,15-16H2,2H3. The monoisotopic (exact) mass is 379 g/mol. The first kappa shape index (κ1) is 18.0. The normalized spacial score (nSPS) is 15.4. The van der Waals surface area contributed by atoms with Gasteiger partial charge in [-0.3, -0.25) is 9.69 Å². The van der Waals surface area contributed by atoms with Crippen LogP contribution in [0.25, 0.3) is 10.2 Å². The number of rotatable bonds is 5. The second-order valence-electron chi connectivity index (χ2n) is 7.30. The van der Waals surface area contributed by atoms with Gasteiger partial charge < -0.3 is 9.47 Å². The number of aromatic nitrogens is 1. The van der Waals surface area contributed by atoms with Gasteiger partial charge in [0, 0.05) is 39.3 Å². The molecule has 0 aliphatic carbocycles.